The van der Waals surface area contributed by atoms with Gasteiger partial charge in [-0.1, -0.05) is 6.08 Å². The molecule has 1 saturated heterocycles. The summed E-state index contributed by atoms with van der Waals surface area (Å²) < 4.78 is 0. The first-order chi connectivity index (χ1) is 18.6. The molecule has 0 bridgehead atoms. The molecule has 0 saturated carbocycles. The van der Waals surface area contributed by atoms with Crippen molar-refractivity contribution < 1.29 is 4.79 Å². The normalized spacial score (nSPS) is 17.1. The van der Waals surface area contributed by atoms with Gasteiger partial charge in [-0.3, -0.25) is 25.2 Å². The van der Waals surface area contributed by atoms with Crippen molar-refractivity contribution in [2.45, 2.75) is 6.04 Å². The van der Waals surface area contributed by atoms with Crippen LogP contribution in [0, 0.1) is 0 Å². The lowest BCUT2D eigenvalue weighted by Gasteiger charge is -2.35. The summed E-state index contributed by atoms with van der Waals surface area (Å²) in [5.41, 5.74) is 9.37. The monoisotopic (exact) mass is 510 g/mol. The second-order valence-electron chi connectivity index (χ2n) is 9.65. The summed E-state index contributed by atoms with van der Waals surface area (Å²) in [6, 6.07) is 14.1. The molecule has 0 aliphatic carbocycles. The van der Waals surface area contributed by atoms with E-state index in [1.54, 1.807) is 24.5 Å². The fraction of sp³-hybridized carbons (Fsp3) is 0.276. The zero-order valence-corrected chi connectivity index (χ0v) is 21.8. The number of benzene rings is 1. The van der Waals surface area contributed by atoms with Crippen LogP contribution < -0.4 is 21.0 Å². The number of pyridine rings is 2. The van der Waals surface area contributed by atoms with Crippen molar-refractivity contribution in [3.8, 4) is 0 Å². The molecule has 9 nitrogen and oxygen atoms in total. The summed E-state index contributed by atoms with van der Waals surface area (Å²) in [5, 5.41) is 8.41. The van der Waals surface area contributed by atoms with E-state index in [-0.39, 0.29) is 11.9 Å². The van der Waals surface area contributed by atoms with E-state index < -0.39 is 0 Å². The minimum absolute atomic E-state index is 0.170. The minimum Gasteiger partial charge on any atom is -0.369 e. The maximum absolute atomic E-state index is 12.4. The standard InChI is InChI=1S/C29H34N8O/c1-35(2)16-3-4-28(38)33-24-9-13-32-27(20-24)29-26-10-12-31-21-22(26)11-17-37(29)34-23-5-7-25(8-6-23)36-18-14-30-15-19-36/h3-13,17,20-21,29-30,34H,14-16,18-19H2,1-2H3,(H,32,33,38)/b4-3+. The molecule has 1 aromatic carbocycles. The summed E-state index contributed by atoms with van der Waals surface area (Å²) in [4.78, 5) is 25.8. The van der Waals surface area contributed by atoms with Gasteiger partial charge in [0, 0.05) is 80.5 Å². The Morgan fingerprint density at radius 2 is 1.92 bits per heavy atom. The highest BCUT2D eigenvalue weighted by molar-refractivity contribution is 5.99. The van der Waals surface area contributed by atoms with Gasteiger partial charge in [0.05, 0.1) is 11.4 Å². The molecule has 0 spiro atoms. The Labute approximate surface area is 223 Å². The molecule has 196 valence electrons. The van der Waals surface area contributed by atoms with Crippen molar-refractivity contribution in [3.05, 3.63) is 96.2 Å². The average molecular weight is 511 g/mol. The molecule has 5 rings (SSSR count). The van der Waals surface area contributed by atoms with E-state index in [1.165, 1.54) is 5.69 Å². The lowest BCUT2D eigenvalue weighted by molar-refractivity contribution is -0.111. The van der Waals surface area contributed by atoms with Crippen LogP contribution in [0.2, 0.25) is 0 Å². The Morgan fingerprint density at radius 1 is 1.11 bits per heavy atom. The Hall–Kier alpha value is -4.21. The summed E-state index contributed by atoms with van der Waals surface area (Å²) in [5.74, 6) is -0.170. The maximum atomic E-state index is 12.4. The fourth-order valence-corrected chi connectivity index (χ4v) is 4.65. The molecule has 2 aromatic heterocycles. The number of fused-ring (bicyclic) bond motifs is 1. The number of carbonyl (C=O) groups excluding carboxylic acids is 1. The number of anilines is 3. The third-order valence-corrected chi connectivity index (χ3v) is 6.55. The van der Waals surface area contributed by atoms with Gasteiger partial charge in [0.15, 0.2) is 0 Å². The first kappa shape index (κ1) is 25.4. The van der Waals surface area contributed by atoms with E-state index in [9.17, 15) is 4.79 Å². The van der Waals surface area contributed by atoms with E-state index in [4.69, 9.17) is 4.98 Å². The van der Waals surface area contributed by atoms with E-state index in [0.29, 0.717) is 12.2 Å². The summed E-state index contributed by atoms with van der Waals surface area (Å²) >= 11 is 0. The molecule has 4 heterocycles. The number of hydrazine groups is 1. The van der Waals surface area contributed by atoms with Crippen molar-refractivity contribution in [1.29, 1.82) is 0 Å². The highest BCUT2D eigenvalue weighted by atomic mass is 16.1. The predicted molar refractivity (Wildman–Crippen MR) is 153 cm³/mol. The van der Waals surface area contributed by atoms with Crippen LogP contribution in [0.3, 0.4) is 0 Å². The number of nitrogens with one attached hydrogen (secondary N) is 3. The van der Waals surface area contributed by atoms with Gasteiger partial charge in [-0.05, 0) is 68.2 Å². The molecule has 3 N–H and O–H groups in total. The first-order valence-corrected chi connectivity index (χ1v) is 12.9. The van der Waals surface area contributed by atoms with Gasteiger partial charge in [0.25, 0.3) is 0 Å². The van der Waals surface area contributed by atoms with Crippen molar-refractivity contribution in [2.24, 2.45) is 0 Å². The van der Waals surface area contributed by atoms with Gasteiger partial charge >= 0.3 is 0 Å². The molecule has 3 aromatic rings. The van der Waals surface area contributed by atoms with E-state index in [2.05, 4.69) is 50.2 Å². The van der Waals surface area contributed by atoms with Crippen molar-refractivity contribution in [3.63, 3.8) is 0 Å². The van der Waals surface area contributed by atoms with Crippen LogP contribution in [-0.4, -0.2) is 72.6 Å². The van der Waals surface area contributed by atoms with Gasteiger partial charge < -0.3 is 20.4 Å². The molecule has 9 heteroatoms. The van der Waals surface area contributed by atoms with Crippen LogP contribution >= 0.6 is 0 Å². The van der Waals surface area contributed by atoms with Crippen LogP contribution in [0.1, 0.15) is 22.9 Å². The number of likely N-dealkylation sites (N-methyl/N-ethyl adjacent to an activating group) is 1. The quantitative estimate of drug-likeness (QED) is 0.398. The highest BCUT2D eigenvalue weighted by Crippen LogP contribution is 2.35. The van der Waals surface area contributed by atoms with Crippen molar-refractivity contribution in [2.75, 3.05) is 62.5 Å². The largest absolute Gasteiger partial charge is 0.369 e. The Kier molecular flexibility index (Phi) is 7.96. The van der Waals surface area contributed by atoms with Crippen LogP contribution in [0.4, 0.5) is 17.1 Å². The van der Waals surface area contributed by atoms with Crippen LogP contribution in [0.5, 0.6) is 0 Å². The lowest BCUT2D eigenvalue weighted by atomic mass is 9.96. The van der Waals surface area contributed by atoms with Crippen LogP contribution in [-0.2, 0) is 4.79 Å². The summed E-state index contributed by atoms with van der Waals surface area (Å²) in [6.07, 6.45) is 12.8. The second kappa shape index (κ2) is 11.9. The lowest BCUT2D eigenvalue weighted by Crippen LogP contribution is -2.43. The smallest absolute Gasteiger partial charge is 0.248 e. The van der Waals surface area contributed by atoms with E-state index >= 15 is 0 Å². The van der Waals surface area contributed by atoms with Gasteiger partial charge in [0.2, 0.25) is 5.91 Å². The molecular weight excluding hydrogens is 476 g/mol. The highest BCUT2D eigenvalue weighted by Gasteiger charge is 2.27. The number of piperazine rings is 1. The predicted octanol–water partition coefficient (Wildman–Crippen LogP) is 3.35. The summed E-state index contributed by atoms with van der Waals surface area (Å²) in [7, 11) is 3.92. The number of hydrogen-bond donors (Lipinski definition) is 3. The van der Waals surface area contributed by atoms with Gasteiger partial charge in [-0.2, -0.15) is 0 Å². The SMILES string of the molecule is CN(C)C/C=C/C(=O)Nc1ccnc(C2c3ccncc3C=CN2Nc2ccc(N3CCNCC3)cc2)c1. The fourth-order valence-electron chi connectivity index (χ4n) is 4.65. The molecule has 2 aliphatic heterocycles. The molecule has 2 aliphatic rings. The zero-order valence-electron chi connectivity index (χ0n) is 21.8. The second-order valence-corrected chi connectivity index (χ2v) is 9.65. The molecule has 1 amide bonds. The topological polar surface area (TPSA) is 88.7 Å². The molecule has 0 radical (unpaired) electrons. The Balaban J connectivity index is 1.37. The number of amides is 1. The third kappa shape index (κ3) is 6.19. The maximum Gasteiger partial charge on any atom is 0.248 e. The number of nitrogens with zero attached hydrogens (tertiary/aromatic N) is 5. The molecule has 38 heavy (non-hydrogen) atoms. The molecule has 1 fully saturated rings. The van der Waals surface area contributed by atoms with Crippen LogP contribution in [0.15, 0.2) is 79.4 Å². The Morgan fingerprint density at radius 3 is 2.71 bits per heavy atom. The number of rotatable bonds is 8. The van der Waals surface area contributed by atoms with E-state index in [0.717, 1.165) is 48.7 Å². The van der Waals surface area contributed by atoms with Gasteiger partial charge in [-0.15, -0.1) is 0 Å². The number of carbonyl (C=O) groups is 1. The summed E-state index contributed by atoms with van der Waals surface area (Å²) in [6.45, 7) is 4.74. The number of aromatic nitrogens is 2. The van der Waals surface area contributed by atoms with Gasteiger partial charge in [0.1, 0.15) is 6.04 Å². The van der Waals surface area contributed by atoms with E-state index in [1.807, 2.05) is 60.7 Å². The zero-order chi connectivity index (χ0) is 26.3. The first-order valence-electron chi connectivity index (χ1n) is 12.9. The number of hydrogen-bond acceptors (Lipinski definition) is 8. The van der Waals surface area contributed by atoms with Crippen LogP contribution in [0.25, 0.3) is 6.08 Å². The molecular formula is C29H34N8O. The molecule has 1 atom stereocenters. The Bertz CT molecular complexity index is 1300. The molecule has 1 unspecified atom stereocenters. The van der Waals surface area contributed by atoms with Crippen molar-refractivity contribution in [1.82, 2.24) is 25.2 Å². The van der Waals surface area contributed by atoms with Crippen molar-refractivity contribution >= 4 is 29.0 Å². The van der Waals surface area contributed by atoms with Gasteiger partial charge in [-0.25, -0.2) is 0 Å². The minimum atomic E-state index is -0.216. The third-order valence-electron chi connectivity index (χ3n) is 6.55. The average Bonchev–Trinajstić information content (AvgIpc) is 2.94.